The van der Waals surface area contributed by atoms with E-state index in [4.69, 9.17) is 10.00 Å². The van der Waals surface area contributed by atoms with Crippen molar-refractivity contribution in [2.45, 2.75) is 0 Å². The third kappa shape index (κ3) is 2.88. The van der Waals surface area contributed by atoms with Crippen LogP contribution in [0.25, 0.3) is 10.9 Å². The standard InChI is InChI=1S/C16H13N5O/c1-21-15-9-13(8-7-12(15)10-19-21)20-16(18-11-17)22-14-5-3-2-4-6-14/h2-10H,1H3,(H,18,20). The van der Waals surface area contributed by atoms with Gasteiger partial charge in [0.2, 0.25) is 6.19 Å². The molecule has 0 fully saturated rings. The average molecular weight is 291 g/mol. The molecule has 0 bridgehead atoms. The first-order chi connectivity index (χ1) is 10.8. The molecule has 0 amide bonds. The summed E-state index contributed by atoms with van der Waals surface area (Å²) in [6.45, 7) is 0. The maximum Gasteiger partial charge on any atom is 0.310 e. The second kappa shape index (κ2) is 5.97. The van der Waals surface area contributed by atoms with E-state index in [1.807, 2.05) is 43.4 Å². The molecule has 6 nitrogen and oxygen atoms in total. The number of para-hydroxylation sites is 1. The molecule has 22 heavy (non-hydrogen) atoms. The lowest BCUT2D eigenvalue weighted by Crippen LogP contribution is -2.19. The fourth-order valence-corrected chi connectivity index (χ4v) is 2.07. The molecule has 0 saturated heterocycles. The molecule has 0 radical (unpaired) electrons. The van der Waals surface area contributed by atoms with Crippen LogP contribution in [0.15, 0.2) is 59.7 Å². The molecule has 2 aromatic carbocycles. The fourth-order valence-electron chi connectivity index (χ4n) is 2.07. The van der Waals surface area contributed by atoms with Crippen LogP contribution in [0.1, 0.15) is 0 Å². The number of anilines is 1. The highest BCUT2D eigenvalue weighted by atomic mass is 16.5. The summed E-state index contributed by atoms with van der Waals surface area (Å²) < 4.78 is 7.35. The Bertz CT molecular complexity index is 861. The maximum atomic E-state index is 8.80. The largest absolute Gasteiger partial charge is 0.425 e. The van der Waals surface area contributed by atoms with Gasteiger partial charge in [0.15, 0.2) is 0 Å². The van der Waals surface area contributed by atoms with Crippen LogP contribution in [0.4, 0.5) is 5.69 Å². The fraction of sp³-hybridized carbons (Fsp3) is 0.0625. The Balaban J connectivity index is 1.85. The number of fused-ring (bicyclic) bond motifs is 1. The Kier molecular flexibility index (Phi) is 3.70. The number of rotatable bonds is 2. The molecule has 3 aromatic rings. The third-order valence-corrected chi connectivity index (χ3v) is 3.11. The molecule has 0 atom stereocenters. The van der Waals surface area contributed by atoms with Gasteiger partial charge in [-0.15, -0.1) is 4.99 Å². The number of aryl methyl sites for hydroxylation is 1. The molecule has 0 spiro atoms. The van der Waals surface area contributed by atoms with Crippen molar-refractivity contribution in [3.05, 3.63) is 54.7 Å². The molecular formula is C16H13N5O. The Morgan fingerprint density at radius 3 is 2.86 bits per heavy atom. The van der Waals surface area contributed by atoms with Crippen LogP contribution in [0.5, 0.6) is 5.75 Å². The monoisotopic (exact) mass is 291 g/mol. The number of nitriles is 1. The first-order valence-corrected chi connectivity index (χ1v) is 6.65. The number of nitrogens with zero attached hydrogens (tertiary/aromatic N) is 4. The van der Waals surface area contributed by atoms with Crippen LogP contribution in [-0.4, -0.2) is 15.8 Å². The normalized spacial score (nSPS) is 11.2. The minimum absolute atomic E-state index is 0.121. The topological polar surface area (TPSA) is 75.2 Å². The van der Waals surface area contributed by atoms with Crippen molar-refractivity contribution in [3.63, 3.8) is 0 Å². The lowest BCUT2D eigenvalue weighted by atomic mass is 10.2. The second-order valence-corrected chi connectivity index (χ2v) is 4.60. The highest BCUT2D eigenvalue weighted by molar-refractivity contribution is 5.93. The van der Waals surface area contributed by atoms with Gasteiger partial charge in [-0.2, -0.15) is 10.4 Å². The van der Waals surface area contributed by atoms with Gasteiger partial charge in [0, 0.05) is 18.1 Å². The molecule has 0 unspecified atom stereocenters. The zero-order valence-corrected chi connectivity index (χ0v) is 11.9. The van der Waals surface area contributed by atoms with Gasteiger partial charge in [-0.05, 0) is 30.3 Å². The Hall–Kier alpha value is -3.33. The predicted molar refractivity (Wildman–Crippen MR) is 84.5 cm³/mol. The van der Waals surface area contributed by atoms with E-state index >= 15 is 0 Å². The van der Waals surface area contributed by atoms with E-state index < -0.39 is 0 Å². The highest BCUT2D eigenvalue weighted by Crippen LogP contribution is 2.19. The lowest BCUT2D eigenvalue weighted by Gasteiger charge is -2.10. The molecule has 0 saturated carbocycles. The van der Waals surface area contributed by atoms with E-state index in [1.165, 1.54) is 0 Å². The lowest BCUT2D eigenvalue weighted by molar-refractivity contribution is 0.549. The van der Waals surface area contributed by atoms with Gasteiger partial charge in [-0.25, -0.2) is 0 Å². The first kappa shape index (κ1) is 13.6. The van der Waals surface area contributed by atoms with E-state index in [2.05, 4.69) is 15.4 Å². The van der Waals surface area contributed by atoms with Gasteiger partial charge >= 0.3 is 6.02 Å². The van der Waals surface area contributed by atoms with E-state index in [0.29, 0.717) is 5.75 Å². The quantitative estimate of drug-likeness (QED) is 0.447. The highest BCUT2D eigenvalue weighted by Gasteiger charge is 2.06. The number of ether oxygens (including phenoxy) is 1. The summed E-state index contributed by atoms with van der Waals surface area (Å²) in [4.78, 5) is 3.67. The number of benzene rings is 2. The molecule has 1 heterocycles. The van der Waals surface area contributed by atoms with Crippen LogP contribution in [0.2, 0.25) is 0 Å². The van der Waals surface area contributed by atoms with E-state index in [1.54, 1.807) is 29.2 Å². The zero-order chi connectivity index (χ0) is 15.4. The van der Waals surface area contributed by atoms with Crippen molar-refractivity contribution in [1.82, 2.24) is 9.78 Å². The first-order valence-electron chi connectivity index (χ1n) is 6.65. The van der Waals surface area contributed by atoms with Gasteiger partial charge < -0.3 is 10.1 Å². The summed E-state index contributed by atoms with van der Waals surface area (Å²) in [7, 11) is 1.87. The van der Waals surface area contributed by atoms with E-state index in [9.17, 15) is 0 Å². The number of aromatic nitrogens is 2. The Morgan fingerprint density at radius 2 is 2.09 bits per heavy atom. The number of hydrogen-bond donors (Lipinski definition) is 1. The Labute approximate surface area is 127 Å². The molecule has 1 N–H and O–H groups in total. The van der Waals surface area contributed by atoms with Gasteiger partial charge in [-0.1, -0.05) is 18.2 Å². The summed E-state index contributed by atoms with van der Waals surface area (Å²) in [6, 6.07) is 15.0. The van der Waals surface area contributed by atoms with Gasteiger partial charge in [-0.3, -0.25) is 4.68 Å². The molecule has 0 aliphatic heterocycles. The van der Waals surface area contributed by atoms with Crippen LogP contribution >= 0.6 is 0 Å². The van der Waals surface area contributed by atoms with Crippen molar-refractivity contribution in [1.29, 1.82) is 5.26 Å². The third-order valence-electron chi connectivity index (χ3n) is 3.11. The zero-order valence-electron chi connectivity index (χ0n) is 11.9. The van der Waals surface area contributed by atoms with Crippen molar-refractivity contribution in [2.24, 2.45) is 12.0 Å². The maximum absolute atomic E-state index is 8.80. The molecule has 1 aromatic heterocycles. The summed E-state index contributed by atoms with van der Waals surface area (Å²) in [6.07, 6.45) is 3.53. The number of hydrogen-bond acceptors (Lipinski definition) is 4. The van der Waals surface area contributed by atoms with Gasteiger partial charge in [0.05, 0.1) is 11.7 Å². The van der Waals surface area contributed by atoms with Crippen LogP contribution in [0, 0.1) is 11.5 Å². The molecule has 108 valence electrons. The van der Waals surface area contributed by atoms with Crippen molar-refractivity contribution in [3.8, 4) is 11.9 Å². The Morgan fingerprint density at radius 1 is 1.27 bits per heavy atom. The molecule has 6 heteroatoms. The van der Waals surface area contributed by atoms with Gasteiger partial charge in [0.25, 0.3) is 0 Å². The minimum Gasteiger partial charge on any atom is -0.425 e. The molecular weight excluding hydrogens is 278 g/mol. The number of amidine groups is 1. The summed E-state index contributed by atoms with van der Waals surface area (Å²) in [5, 5.41) is 17.0. The summed E-state index contributed by atoms with van der Waals surface area (Å²) in [5.41, 5.74) is 1.74. The van der Waals surface area contributed by atoms with Crippen molar-refractivity contribution >= 4 is 22.6 Å². The SMILES string of the molecule is Cn1ncc2ccc(NC(=NC#N)Oc3ccccc3)cc21. The summed E-state index contributed by atoms with van der Waals surface area (Å²) in [5.74, 6) is 0.602. The summed E-state index contributed by atoms with van der Waals surface area (Å²) >= 11 is 0. The minimum atomic E-state index is 0.121. The van der Waals surface area contributed by atoms with Crippen LogP contribution in [-0.2, 0) is 7.05 Å². The number of nitrogens with one attached hydrogen (secondary N) is 1. The van der Waals surface area contributed by atoms with E-state index in [0.717, 1.165) is 16.6 Å². The molecule has 3 rings (SSSR count). The van der Waals surface area contributed by atoms with Crippen molar-refractivity contribution < 1.29 is 4.74 Å². The predicted octanol–water partition coefficient (Wildman–Crippen LogP) is 2.90. The second-order valence-electron chi connectivity index (χ2n) is 4.60. The van der Waals surface area contributed by atoms with Crippen LogP contribution < -0.4 is 10.1 Å². The average Bonchev–Trinajstić information content (AvgIpc) is 2.90. The van der Waals surface area contributed by atoms with Crippen LogP contribution in [0.3, 0.4) is 0 Å². The molecule has 0 aliphatic rings. The van der Waals surface area contributed by atoms with Gasteiger partial charge in [0.1, 0.15) is 5.75 Å². The molecule has 0 aliphatic carbocycles. The number of aliphatic imine (C=N–C) groups is 1. The van der Waals surface area contributed by atoms with E-state index in [-0.39, 0.29) is 6.02 Å². The smallest absolute Gasteiger partial charge is 0.310 e. The van der Waals surface area contributed by atoms with Crippen molar-refractivity contribution in [2.75, 3.05) is 5.32 Å².